The van der Waals surface area contributed by atoms with Gasteiger partial charge in [0.25, 0.3) is 0 Å². The van der Waals surface area contributed by atoms with Crippen LogP contribution in [-0.2, 0) is 18.7 Å². The van der Waals surface area contributed by atoms with E-state index in [9.17, 15) is 18.3 Å². The predicted octanol–water partition coefficient (Wildman–Crippen LogP) is 3.24. The molecule has 4 aromatic rings. The molecule has 0 fully saturated rings. The monoisotopic (exact) mass is 372 g/mol. The Hall–Kier alpha value is -3.13. The van der Waals surface area contributed by atoms with E-state index < -0.39 is 23.1 Å². The smallest absolute Gasteiger partial charge is 0.137 e. The zero-order valence-electron chi connectivity index (χ0n) is 14.1. The van der Waals surface area contributed by atoms with E-state index in [-0.39, 0.29) is 18.7 Å². The lowest BCUT2D eigenvalue weighted by Gasteiger charge is -2.30. The van der Waals surface area contributed by atoms with Crippen molar-refractivity contribution in [2.75, 3.05) is 0 Å². The number of hydrogen-bond donors (Lipinski definition) is 1. The highest BCUT2D eigenvalue weighted by atomic mass is 19.1. The highest BCUT2D eigenvalue weighted by Crippen LogP contribution is 2.30. The van der Waals surface area contributed by atoms with Gasteiger partial charge in [-0.05, 0) is 35.7 Å². The molecule has 1 N–H and O–H groups in total. The third-order valence-electron chi connectivity index (χ3n) is 4.49. The van der Waals surface area contributed by atoms with Gasteiger partial charge in [-0.2, -0.15) is 5.10 Å². The Morgan fingerprint density at radius 3 is 2.48 bits per heavy atom. The maximum absolute atomic E-state index is 14.5. The Morgan fingerprint density at radius 2 is 1.74 bits per heavy atom. The van der Waals surface area contributed by atoms with Crippen molar-refractivity contribution in [1.82, 2.24) is 19.3 Å². The standard InChI is InChI=1S/C19H15F3N4O/c20-14-3-4-16(17(22)7-14)19(27,10-26-12-23-11-24-26)9-25-6-5-13-1-2-15(21)8-18(13)25/h1-8,11-12,27H,9-10H2. The molecule has 0 spiro atoms. The van der Waals surface area contributed by atoms with Crippen LogP contribution in [0.3, 0.4) is 0 Å². The molecule has 0 amide bonds. The van der Waals surface area contributed by atoms with E-state index >= 15 is 0 Å². The number of halogens is 3. The van der Waals surface area contributed by atoms with E-state index in [2.05, 4.69) is 10.1 Å². The van der Waals surface area contributed by atoms with Gasteiger partial charge in [0.15, 0.2) is 0 Å². The Morgan fingerprint density at radius 1 is 0.963 bits per heavy atom. The summed E-state index contributed by atoms with van der Waals surface area (Å²) in [7, 11) is 0. The zero-order valence-corrected chi connectivity index (χ0v) is 14.1. The number of aliphatic hydroxyl groups is 1. The normalized spacial score (nSPS) is 13.8. The Labute approximate surface area is 152 Å². The van der Waals surface area contributed by atoms with Crippen LogP contribution < -0.4 is 0 Å². The first kappa shape index (κ1) is 17.3. The Balaban J connectivity index is 1.80. The molecule has 1 atom stereocenters. The van der Waals surface area contributed by atoms with Crippen molar-refractivity contribution in [2.45, 2.75) is 18.7 Å². The molecule has 1 unspecified atom stereocenters. The summed E-state index contributed by atoms with van der Waals surface area (Å²) in [5.74, 6) is -2.04. The summed E-state index contributed by atoms with van der Waals surface area (Å²) in [5.41, 5.74) is -1.31. The van der Waals surface area contributed by atoms with E-state index in [1.165, 1.54) is 35.5 Å². The van der Waals surface area contributed by atoms with Crippen molar-refractivity contribution in [3.63, 3.8) is 0 Å². The first-order chi connectivity index (χ1) is 12.9. The van der Waals surface area contributed by atoms with E-state index in [4.69, 9.17) is 0 Å². The van der Waals surface area contributed by atoms with Gasteiger partial charge in [0.05, 0.1) is 18.6 Å². The molecule has 8 heteroatoms. The van der Waals surface area contributed by atoms with Gasteiger partial charge in [0, 0.05) is 17.8 Å². The van der Waals surface area contributed by atoms with Gasteiger partial charge in [-0.25, -0.2) is 22.8 Å². The molecule has 0 aliphatic carbocycles. The van der Waals surface area contributed by atoms with E-state index in [1.54, 1.807) is 22.9 Å². The van der Waals surface area contributed by atoms with Crippen LogP contribution >= 0.6 is 0 Å². The van der Waals surface area contributed by atoms with Crippen molar-refractivity contribution in [1.29, 1.82) is 0 Å². The van der Waals surface area contributed by atoms with Crippen LogP contribution in [0.2, 0.25) is 0 Å². The summed E-state index contributed by atoms with van der Waals surface area (Å²) in [6.45, 7) is -0.215. The summed E-state index contributed by atoms with van der Waals surface area (Å²) in [5, 5.41) is 16.1. The van der Waals surface area contributed by atoms with E-state index in [0.717, 1.165) is 17.5 Å². The SMILES string of the molecule is OC(Cn1cncn1)(Cn1ccc2ccc(F)cc21)c1ccc(F)cc1F. The fourth-order valence-electron chi connectivity index (χ4n) is 3.25. The van der Waals surface area contributed by atoms with Crippen LogP contribution in [0.1, 0.15) is 5.56 Å². The molecule has 4 rings (SSSR count). The fraction of sp³-hybridized carbons (Fsp3) is 0.158. The molecule has 27 heavy (non-hydrogen) atoms. The summed E-state index contributed by atoms with van der Waals surface area (Å²) >= 11 is 0. The molecule has 0 saturated carbocycles. The fourth-order valence-corrected chi connectivity index (χ4v) is 3.25. The number of benzene rings is 2. The second-order valence-corrected chi connectivity index (χ2v) is 6.40. The minimum atomic E-state index is -1.77. The summed E-state index contributed by atoms with van der Waals surface area (Å²) in [6.07, 6.45) is 4.36. The molecule has 2 heterocycles. The average Bonchev–Trinajstić information content (AvgIpc) is 3.25. The molecule has 0 aliphatic rings. The molecule has 2 aromatic carbocycles. The van der Waals surface area contributed by atoms with Gasteiger partial charge >= 0.3 is 0 Å². The van der Waals surface area contributed by atoms with Crippen molar-refractivity contribution in [3.05, 3.63) is 84.3 Å². The van der Waals surface area contributed by atoms with Gasteiger partial charge < -0.3 is 9.67 Å². The number of hydrogen-bond acceptors (Lipinski definition) is 3. The second-order valence-electron chi connectivity index (χ2n) is 6.40. The predicted molar refractivity (Wildman–Crippen MR) is 92.2 cm³/mol. The van der Waals surface area contributed by atoms with Crippen LogP contribution in [0.5, 0.6) is 0 Å². The van der Waals surface area contributed by atoms with Crippen LogP contribution in [0.15, 0.2) is 61.3 Å². The minimum Gasteiger partial charge on any atom is -0.381 e. The molecule has 0 saturated heterocycles. The van der Waals surface area contributed by atoms with Crippen LogP contribution in [0.25, 0.3) is 10.9 Å². The van der Waals surface area contributed by atoms with E-state index in [1.807, 2.05) is 0 Å². The lowest BCUT2D eigenvalue weighted by Crippen LogP contribution is -2.37. The largest absolute Gasteiger partial charge is 0.381 e. The van der Waals surface area contributed by atoms with E-state index in [0.29, 0.717) is 5.52 Å². The minimum absolute atomic E-state index is 0.0855. The second kappa shape index (κ2) is 6.55. The lowest BCUT2D eigenvalue weighted by atomic mass is 9.92. The van der Waals surface area contributed by atoms with Gasteiger partial charge in [-0.3, -0.25) is 0 Å². The highest BCUT2D eigenvalue weighted by molar-refractivity contribution is 5.80. The average molecular weight is 372 g/mol. The lowest BCUT2D eigenvalue weighted by molar-refractivity contribution is -0.00436. The molecule has 2 aromatic heterocycles. The molecule has 0 radical (unpaired) electrons. The molecule has 0 bridgehead atoms. The topological polar surface area (TPSA) is 55.9 Å². The molecule has 0 aliphatic heterocycles. The molecule has 138 valence electrons. The van der Waals surface area contributed by atoms with Gasteiger partial charge in [-0.1, -0.05) is 6.07 Å². The van der Waals surface area contributed by atoms with Crippen LogP contribution in [0, 0.1) is 17.5 Å². The van der Waals surface area contributed by atoms with Crippen molar-refractivity contribution < 1.29 is 18.3 Å². The Kier molecular flexibility index (Phi) is 4.19. The first-order valence-corrected chi connectivity index (χ1v) is 8.19. The van der Waals surface area contributed by atoms with Crippen LogP contribution in [-0.4, -0.2) is 24.4 Å². The third-order valence-corrected chi connectivity index (χ3v) is 4.49. The van der Waals surface area contributed by atoms with Gasteiger partial charge in [0.2, 0.25) is 0 Å². The molecule has 5 nitrogen and oxygen atoms in total. The molecular weight excluding hydrogens is 357 g/mol. The Bertz CT molecular complexity index is 1090. The van der Waals surface area contributed by atoms with Crippen molar-refractivity contribution in [3.8, 4) is 0 Å². The quantitative estimate of drug-likeness (QED) is 0.585. The summed E-state index contributed by atoms with van der Waals surface area (Å²) in [6, 6.07) is 9.07. The number of fused-ring (bicyclic) bond motifs is 1. The highest BCUT2D eigenvalue weighted by Gasteiger charge is 2.34. The molecular formula is C19H15F3N4O. The number of aromatic nitrogens is 4. The van der Waals surface area contributed by atoms with Gasteiger partial charge in [0.1, 0.15) is 35.7 Å². The first-order valence-electron chi connectivity index (χ1n) is 8.19. The van der Waals surface area contributed by atoms with Gasteiger partial charge in [-0.15, -0.1) is 0 Å². The maximum atomic E-state index is 14.5. The summed E-state index contributed by atoms with van der Waals surface area (Å²) in [4.78, 5) is 3.83. The van der Waals surface area contributed by atoms with Crippen molar-refractivity contribution >= 4 is 10.9 Å². The third kappa shape index (κ3) is 3.31. The number of nitrogens with zero attached hydrogens (tertiary/aromatic N) is 4. The summed E-state index contributed by atoms with van der Waals surface area (Å²) < 4.78 is 44.5. The van der Waals surface area contributed by atoms with Crippen LogP contribution in [0.4, 0.5) is 13.2 Å². The van der Waals surface area contributed by atoms with Crippen molar-refractivity contribution in [2.24, 2.45) is 0 Å². The zero-order chi connectivity index (χ0) is 19.0. The number of rotatable bonds is 5. The maximum Gasteiger partial charge on any atom is 0.137 e.